The third-order valence-corrected chi connectivity index (χ3v) is 7.34. The first-order valence-corrected chi connectivity index (χ1v) is 12.5. The number of sulfonamides is 1. The number of ether oxygens (including phenoxy) is 1. The quantitative estimate of drug-likeness (QED) is 0.566. The smallest absolute Gasteiger partial charge is 0.408 e. The van der Waals surface area contributed by atoms with E-state index in [9.17, 15) is 18.0 Å². The van der Waals surface area contributed by atoms with Gasteiger partial charge in [-0.2, -0.15) is 4.31 Å². The summed E-state index contributed by atoms with van der Waals surface area (Å²) in [5.41, 5.74) is 0.528. The predicted molar refractivity (Wildman–Crippen MR) is 121 cm³/mol. The molecule has 0 unspecified atom stereocenters. The lowest BCUT2D eigenvalue weighted by Crippen LogP contribution is -2.42. The SMILES string of the molecule is CC(C)OCCCNC(=O)Cn1c(=O)oc2cc(S(=O)(=O)N3C[C@H](C)C[C@H](C)C3)ccc21. The molecular formula is C22H33N3O6S. The Morgan fingerprint density at radius 2 is 1.94 bits per heavy atom. The van der Waals surface area contributed by atoms with Crippen LogP contribution in [-0.4, -0.2) is 55.5 Å². The van der Waals surface area contributed by atoms with E-state index in [1.807, 2.05) is 27.7 Å². The Hall–Kier alpha value is -2.17. The van der Waals surface area contributed by atoms with E-state index in [-0.39, 0.29) is 40.9 Å². The molecule has 1 aromatic carbocycles. The average molecular weight is 468 g/mol. The van der Waals surface area contributed by atoms with Gasteiger partial charge in [-0.3, -0.25) is 9.36 Å². The van der Waals surface area contributed by atoms with Crippen molar-refractivity contribution in [3.05, 3.63) is 28.7 Å². The summed E-state index contributed by atoms with van der Waals surface area (Å²) in [6.07, 6.45) is 1.80. The Morgan fingerprint density at radius 1 is 1.25 bits per heavy atom. The number of carbonyl (C=O) groups is 1. The highest BCUT2D eigenvalue weighted by Gasteiger charge is 2.32. The fraction of sp³-hybridized carbons (Fsp3) is 0.636. The number of carbonyl (C=O) groups excluding carboxylic acids is 1. The van der Waals surface area contributed by atoms with Crippen LogP contribution in [0.4, 0.5) is 0 Å². The molecule has 1 fully saturated rings. The molecule has 0 saturated carbocycles. The van der Waals surface area contributed by atoms with Crippen molar-refractivity contribution in [2.75, 3.05) is 26.2 Å². The predicted octanol–water partition coefficient (Wildman–Crippen LogP) is 2.19. The summed E-state index contributed by atoms with van der Waals surface area (Å²) in [6.45, 7) is 9.69. The summed E-state index contributed by atoms with van der Waals surface area (Å²) in [4.78, 5) is 24.6. The zero-order chi connectivity index (χ0) is 23.5. The average Bonchev–Trinajstić information content (AvgIpc) is 3.01. The molecule has 2 aromatic rings. The van der Waals surface area contributed by atoms with Gasteiger partial charge in [-0.05, 0) is 50.7 Å². The Bertz CT molecular complexity index is 1090. The van der Waals surface area contributed by atoms with Gasteiger partial charge in [0.15, 0.2) is 5.58 Å². The summed E-state index contributed by atoms with van der Waals surface area (Å²) < 4.78 is 39.6. The molecule has 32 heavy (non-hydrogen) atoms. The number of aromatic nitrogens is 1. The van der Waals surface area contributed by atoms with Crippen molar-refractivity contribution in [2.45, 2.75) is 58.1 Å². The summed E-state index contributed by atoms with van der Waals surface area (Å²) in [6, 6.07) is 4.36. The molecule has 1 N–H and O–H groups in total. The third kappa shape index (κ3) is 5.79. The van der Waals surface area contributed by atoms with E-state index in [0.29, 0.717) is 38.2 Å². The van der Waals surface area contributed by atoms with E-state index < -0.39 is 15.8 Å². The molecule has 1 aliphatic heterocycles. The van der Waals surface area contributed by atoms with Crippen LogP contribution < -0.4 is 11.1 Å². The van der Waals surface area contributed by atoms with E-state index in [2.05, 4.69) is 5.32 Å². The molecule has 2 heterocycles. The number of oxazole rings is 1. The molecule has 2 atom stereocenters. The van der Waals surface area contributed by atoms with Gasteiger partial charge < -0.3 is 14.5 Å². The fourth-order valence-corrected chi connectivity index (χ4v) is 5.82. The van der Waals surface area contributed by atoms with Crippen molar-refractivity contribution in [2.24, 2.45) is 11.8 Å². The molecule has 0 spiro atoms. The number of fused-ring (bicyclic) bond motifs is 1. The molecule has 1 amide bonds. The van der Waals surface area contributed by atoms with Crippen LogP contribution in [0.2, 0.25) is 0 Å². The first-order valence-electron chi connectivity index (χ1n) is 11.1. The maximum atomic E-state index is 13.1. The topological polar surface area (TPSA) is 111 Å². The lowest BCUT2D eigenvalue weighted by atomic mass is 9.94. The molecule has 1 aromatic heterocycles. The Balaban J connectivity index is 1.72. The Labute approximate surface area is 188 Å². The van der Waals surface area contributed by atoms with E-state index >= 15 is 0 Å². The zero-order valence-electron chi connectivity index (χ0n) is 19.2. The monoisotopic (exact) mass is 467 g/mol. The molecule has 0 bridgehead atoms. The molecule has 9 nitrogen and oxygen atoms in total. The van der Waals surface area contributed by atoms with Gasteiger partial charge in [0, 0.05) is 32.3 Å². The lowest BCUT2D eigenvalue weighted by molar-refractivity contribution is -0.121. The van der Waals surface area contributed by atoms with Crippen molar-refractivity contribution >= 4 is 27.0 Å². The number of nitrogens with one attached hydrogen (secondary N) is 1. The molecule has 0 aliphatic carbocycles. The number of nitrogens with zero attached hydrogens (tertiary/aromatic N) is 2. The van der Waals surface area contributed by atoms with Crippen molar-refractivity contribution in [3.8, 4) is 0 Å². The van der Waals surface area contributed by atoms with Crippen LogP contribution >= 0.6 is 0 Å². The molecule has 178 valence electrons. The summed E-state index contributed by atoms with van der Waals surface area (Å²) in [7, 11) is -3.70. The van der Waals surface area contributed by atoms with Crippen LogP contribution in [0.1, 0.15) is 40.5 Å². The van der Waals surface area contributed by atoms with Gasteiger partial charge in [-0.1, -0.05) is 13.8 Å². The molecule has 1 aliphatic rings. The molecular weight excluding hydrogens is 434 g/mol. The van der Waals surface area contributed by atoms with Gasteiger partial charge in [-0.25, -0.2) is 13.2 Å². The summed E-state index contributed by atoms with van der Waals surface area (Å²) in [5, 5.41) is 2.75. The fourth-order valence-electron chi connectivity index (χ4n) is 4.13. The lowest BCUT2D eigenvalue weighted by Gasteiger charge is -2.34. The van der Waals surface area contributed by atoms with Gasteiger partial charge in [-0.15, -0.1) is 0 Å². The van der Waals surface area contributed by atoms with Crippen LogP contribution in [0.5, 0.6) is 0 Å². The van der Waals surface area contributed by atoms with Crippen molar-refractivity contribution < 1.29 is 22.4 Å². The van der Waals surface area contributed by atoms with E-state index in [1.54, 1.807) is 0 Å². The molecule has 1 saturated heterocycles. The Morgan fingerprint density at radius 3 is 2.59 bits per heavy atom. The van der Waals surface area contributed by atoms with Crippen LogP contribution in [0.15, 0.2) is 32.3 Å². The highest BCUT2D eigenvalue weighted by Crippen LogP contribution is 2.28. The summed E-state index contributed by atoms with van der Waals surface area (Å²) in [5.74, 6) is -0.459. The van der Waals surface area contributed by atoms with Gasteiger partial charge in [0.05, 0.1) is 16.5 Å². The minimum Gasteiger partial charge on any atom is -0.408 e. The van der Waals surface area contributed by atoms with Crippen molar-refractivity contribution in [3.63, 3.8) is 0 Å². The minimum atomic E-state index is -3.70. The zero-order valence-corrected chi connectivity index (χ0v) is 20.0. The number of rotatable bonds is 9. The van der Waals surface area contributed by atoms with E-state index in [1.165, 1.54) is 27.1 Å². The number of hydrogen-bond donors (Lipinski definition) is 1. The van der Waals surface area contributed by atoms with Gasteiger partial charge in [0.2, 0.25) is 15.9 Å². The molecule has 3 rings (SSSR count). The minimum absolute atomic E-state index is 0.0850. The molecule has 10 heteroatoms. The van der Waals surface area contributed by atoms with Crippen LogP contribution in [0, 0.1) is 11.8 Å². The second-order valence-corrected chi connectivity index (χ2v) is 10.9. The van der Waals surface area contributed by atoms with Crippen LogP contribution in [0.25, 0.3) is 11.1 Å². The maximum Gasteiger partial charge on any atom is 0.420 e. The highest BCUT2D eigenvalue weighted by atomic mass is 32.2. The van der Waals surface area contributed by atoms with Gasteiger partial charge >= 0.3 is 5.76 Å². The summed E-state index contributed by atoms with van der Waals surface area (Å²) >= 11 is 0. The van der Waals surface area contributed by atoms with Crippen molar-refractivity contribution in [1.29, 1.82) is 0 Å². The second-order valence-electron chi connectivity index (χ2n) is 8.97. The first kappa shape index (κ1) is 24.5. The van der Waals surface area contributed by atoms with Crippen LogP contribution in [-0.2, 0) is 26.1 Å². The Kier molecular flexibility index (Phi) is 7.79. The van der Waals surface area contributed by atoms with Crippen LogP contribution in [0.3, 0.4) is 0 Å². The second kappa shape index (κ2) is 10.2. The first-order chi connectivity index (χ1) is 15.1. The number of hydrogen-bond acceptors (Lipinski definition) is 6. The van der Waals surface area contributed by atoms with Crippen molar-refractivity contribution in [1.82, 2.24) is 14.2 Å². The largest absolute Gasteiger partial charge is 0.420 e. The van der Waals surface area contributed by atoms with Gasteiger partial charge in [0.25, 0.3) is 0 Å². The van der Waals surface area contributed by atoms with E-state index in [4.69, 9.17) is 9.15 Å². The third-order valence-electron chi connectivity index (χ3n) is 5.51. The molecule has 0 radical (unpaired) electrons. The highest BCUT2D eigenvalue weighted by molar-refractivity contribution is 7.89. The number of amides is 1. The normalized spacial score (nSPS) is 20.2. The van der Waals surface area contributed by atoms with Gasteiger partial charge in [0.1, 0.15) is 6.54 Å². The maximum absolute atomic E-state index is 13.1. The number of piperidine rings is 1. The van der Waals surface area contributed by atoms with E-state index in [0.717, 1.165) is 6.42 Å². The number of benzene rings is 1. The standard InChI is InChI=1S/C22H33N3O6S/c1-15(2)30-9-5-8-23-21(26)14-25-19-7-6-18(11-20(19)31-22(25)27)32(28,29)24-12-16(3)10-17(4)13-24/h6-7,11,15-17H,5,8-10,12-14H2,1-4H3,(H,23,26)/t16-,17+.